The van der Waals surface area contributed by atoms with Crippen LogP contribution in [-0.4, -0.2) is 52.4 Å². The number of hydrogen-bond acceptors (Lipinski definition) is 3. The molecule has 3 N–H and O–H groups in total. The molecule has 5 heteroatoms. The Morgan fingerprint density at radius 2 is 1.00 bits per heavy atom. The summed E-state index contributed by atoms with van der Waals surface area (Å²) in [5.74, 6) is 2.13. The highest BCUT2D eigenvalue weighted by Crippen LogP contribution is 1.94. The van der Waals surface area contributed by atoms with Crippen LogP contribution in [0.3, 0.4) is 0 Å². The normalized spacial score (nSPS) is 9.82. The van der Waals surface area contributed by atoms with Gasteiger partial charge in [0.15, 0.2) is 0 Å². The molecular weight excluding hydrogens is 188 g/mol. The topological polar surface area (TPSA) is 60.7 Å². The van der Waals surface area contributed by atoms with Gasteiger partial charge in [0.05, 0.1) is 19.8 Å². The summed E-state index contributed by atoms with van der Waals surface area (Å²) in [5.41, 5.74) is 0. The highest BCUT2D eigenvalue weighted by molar-refractivity contribution is 7.96. The van der Waals surface area contributed by atoms with Crippen LogP contribution in [0.25, 0.3) is 0 Å². The molecule has 0 aromatic heterocycles. The van der Waals surface area contributed by atoms with Gasteiger partial charge in [0.1, 0.15) is 17.3 Å². The van der Waals surface area contributed by atoms with Gasteiger partial charge in [-0.3, -0.25) is 0 Å². The summed E-state index contributed by atoms with van der Waals surface area (Å²) in [6.07, 6.45) is 0. The Kier molecular flexibility index (Phi) is 13.5. The van der Waals surface area contributed by atoms with Crippen molar-refractivity contribution in [1.82, 2.24) is 0 Å². The summed E-state index contributed by atoms with van der Waals surface area (Å²) in [5, 5.41) is 25.6. The van der Waals surface area contributed by atoms with Crippen LogP contribution in [-0.2, 0) is 10.9 Å². The molecule has 0 rings (SSSR count). The lowest BCUT2D eigenvalue weighted by Crippen LogP contribution is -3.00. The molecule has 0 fully saturated rings. The van der Waals surface area contributed by atoms with Gasteiger partial charge in [0, 0.05) is 0 Å². The first kappa shape index (κ1) is 14.1. The van der Waals surface area contributed by atoms with Gasteiger partial charge in [-0.15, -0.1) is 0 Å². The van der Waals surface area contributed by atoms with Crippen molar-refractivity contribution in [2.45, 2.75) is 0 Å². The second kappa shape index (κ2) is 10.5. The van der Waals surface area contributed by atoms with E-state index in [2.05, 4.69) is 0 Å². The molecule has 0 aromatic rings. The molecule has 3 nitrogen and oxygen atoms in total. The summed E-state index contributed by atoms with van der Waals surface area (Å²) < 4.78 is 0. The number of aliphatic hydroxyl groups excluding tert-OH is 3. The molecule has 70 valence electrons. The van der Waals surface area contributed by atoms with Crippen molar-refractivity contribution in [2.24, 2.45) is 0 Å². The number of hydrogen-bond donors (Lipinski definition) is 3. The van der Waals surface area contributed by atoms with Crippen molar-refractivity contribution in [3.63, 3.8) is 0 Å². The maximum Gasteiger partial charge on any atom is 0.131 e. The van der Waals surface area contributed by atoms with E-state index in [-0.39, 0.29) is 43.1 Å². The Bertz CT molecular complexity index is 60.6. The lowest BCUT2D eigenvalue weighted by Gasteiger charge is -2.02. The average molecular weight is 203 g/mol. The van der Waals surface area contributed by atoms with Gasteiger partial charge in [0.2, 0.25) is 0 Å². The van der Waals surface area contributed by atoms with Crippen LogP contribution < -0.4 is 12.4 Å². The van der Waals surface area contributed by atoms with E-state index >= 15 is 0 Å². The summed E-state index contributed by atoms with van der Waals surface area (Å²) in [6.45, 7) is 0.468. The monoisotopic (exact) mass is 202 g/mol. The van der Waals surface area contributed by atoms with Gasteiger partial charge in [0.25, 0.3) is 0 Å². The zero-order valence-electron chi connectivity index (χ0n) is 6.37. The van der Waals surface area contributed by atoms with Gasteiger partial charge < -0.3 is 27.7 Å². The minimum absolute atomic E-state index is 0. The second-order valence-corrected chi connectivity index (χ2v) is 4.35. The Morgan fingerprint density at radius 3 is 1.18 bits per heavy atom. The maximum absolute atomic E-state index is 8.53. The fraction of sp³-hybridized carbons (Fsp3) is 1.00. The number of aliphatic hydroxyl groups is 3. The zero-order valence-corrected chi connectivity index (χ0v) is 7.94. The van der Waals surface area contributed by atoms with E-state index in [1.54, 1.807) is 0 Å². The molecule has 0 amide bonds. The first-order chi connectivity index (χ1) is 4.85. The minimum Gasteiger partial charge on any atom is -1.00 e. The third-order valence-electron chi connectivity index (χ3n) is 1.14. The highest BCUT2D eigenvalue weighted by atomic mass is 35.5. The van der Waals surface area contributed by atoms with Crippen LogP contribution in [0.4, 0.5) is 0 Å². The predicted octanol–water partition coefficient (Wildman–Crippen LogP) is -4.41. The van der Waals surface area contributed by atoms with Gasteiger partial charge in [-0.25, -0.2) is 0 Å². The van der Waals surface area contributed by atoms with Crippen LogP contribution >= 0.6 is 0 Å². The molecule has 0 saturated carbocycles. The van der Waals surface area contributed by atoms with Crippen molar-refractivity contribution in [2.75, 3.05) is 37.1 Å². The van der Waals surface area contributed by atoms with Crippen LogP contribution in [0, 0.1) is 0 Å². The van der Waals surface area contributed by atoms with Gasteiger partial charge in [-0.1, -0.05) is 0 Å². The van der Waals surface area contributed by atoms with E-state index in [1.807, 2.05) is 0 Å². The van der Waals surface area contributed by atoms with Gasteiger partial charge in [-0.2, -0.15) is 0 Å². The lowest BCUT2D eigenvalue weighted by atomic mass is 10.8. The molecule has 0 spiro atoms. The maximum atomic E-state index is 8.53. The van der Waals surface area contributed by atoms with E-state index in [0.29, 0.717) is 17.3 Å². The quantitative estimate of drug-likeness (QED) is 0.381. The fourth-order valence-electron chi connectivity index (χ4n) is 0.693. The molecule has 0 aliphatic rings. The van der Waals surface area contributed by atoms with E-state index in [1.165, 1.54) is 0 Å². The molecule has 0 aromatic carbocycles. The van der Waals surface area contributed by atoms with Gasteiger partial charge >= 0.3 is 0 Å². The van der Waals surface area contributed by atoms with Crippen LogP contribution in [0.5, 0.6) is 0 Å². The largest absolute Gasteiger partial charge is 1.00 e. The van der Waals surface area contributed by atoms with Crippen molar-refractivity contribution < 1.29 is 27.7 Å². The van der Waals surface area contributed by atoms with Crippen LogP contribution in [0.1, 0.15) is 0 Å². The fourth-order valence-corrected chi connectivity index (χ4v) is 2.08. The summed E-state index contributed by atoms with van der Waals surface area (Å²) in [7, 11) is 0.0255. The minimum atomic E-state index is 0. The average Bonchev–Trinajstić information content (AvgIpc) is 1.90. The molecule has 0 unspecified atom stereocenters. The molecule has 0 heterocycles. The summed E-state index contributed by atoms with van der Waals surface area (Å²) in [4.78, 5) is 0. The Balaban J connectivity index is 0. The smallest absolute Gasteiger partial charge is 0.131 e. The molecule has 0 atom stereocenters. The third kappa shape index (κ3) is 8.43. The van der Waals surface area contributed by atoms with Crippen molar-refractivity contribution in [3.8, 4) is 0 Å². The summed E-state index contributed by atoms with van der Waals surface area (Å²) in [6, 6.07) is 0. The zero-order chi connectivity index (χ0) is 7.82. The second-order valence-electron chi connectivity index (χ2n) is 1.90. The van der Waals surface area contributed by atoms with Crippen molar-refractivity contribution in [1.29, 1.82) is 0 Å². The number of rotatable bonds is 6. The van der Waals surface area contributed by atoms with Gasteiger partial charge in [-0.05, 0) is 10.9 Å². The first-order valence-electron chi connectivity index (χ1n) is 3.31. The Hall–Kier alpha value is 0.520. The first-order valence-corrected chi connectivity index (χ1v) is 5.05. The Labute approximate surface area is 76.2 Å². The molecule has 0 aliphatic heterocycles. The molecule has 0 aliphatic carbocycles. The predicted molar refractivity (Wildman–Crippen MR) is 43.2 cm³/mol. The lowest BCUT2D eigenvalue weighted by molar-refractivity contribution is -0.00000562. The Morgan fingerprint density at radius 1 is 0.727 bits per heavy atom. The van der Waals surface area contributed by atoms with Crippen LogP contribution in [0.2, 0.25) is 0 Å². The van der Waals surface area contributed by atoms with E-state index in [0.717, 1.165) is 0 Å². The van der Waals surface area contributed by atoms with E-state index < -0.39 is 0 Å². The molecule has 0 radical (unpaired) electrons. The molecular formula is C6H15ClO3S. The van der Waals surface area contributed by atoms with Crippen molar-refractivity contribution >= 4 is 10.9 Å². The standard InChI is InChI=1S/C6H15O3S.ClH/c7-1-4-10(5-2-8)6-3-9;/h7-9H,1-6H2;1H/q+1;/p-1. The molecule has 0 bridgehead atoms. The van der Waals surface area contributed by atoms with Crippen LogP contribution in [0.15, 0.2) is 0 Å². The molecule has 11 heavy (non-hydrogen) atoms. The van der Waals surface area contributed by atoms with E-state index in [4.69, 9.17) is 15.3 Å². The third-order valence-corrected chi connectivity index (χ3v) is 3.42. The summed E-state index contributed by atoms with van der Waals surface area (Å²) >= 11 is 0. The number of halogens is 1. The SMILES string of the molecule is OCC[S+](CCO)CCO.[Cl-]. The van der Waals surface area contributed by atoms with E-state index in [9.17, 15) is 0 Å². The van der Waals surface area contributed by atoms with Crippen molar-refractivity contribution in [3.05, 3.63) is 0 Å². The molecule has 0 saturated heterocycles. The highest BCUT2D eigenvalue weighted by Gasteiger charge is 2.14.